The maximum absolute atomic E-state index is 12.0. The first-order valence-corrected chi connectivity index (χ1v) is 8.15. The fraction of sp³-hybridized carbons (Fsp3) is 0.227. The number of esters is 1. The van der Waals surface area contributed by atoms with Crippen LogP contribution in [0.5, 0.6) is 5.75 Å². The highest BCUT2D eigenvalue weighted by Crippen LogP contribution is 2.37. The standard InChI is InChI=1S/C22H24O2/c1-4-15-22(16-5-2,17-6-3)19-11-13-20(14-12-19)24-21(23)18-9-7-8-10-18/h4-14,18H,1-3,15-17H2. The Morgan fingerprint density at radius 1 is 0.958 bits per heavy atom. The third-order valence-corrected chi connectivity index (χ3v) is 4.31. The Bertz CT molecular complexity index is 623. The summed E-state index contributed by atoms with van der Waals surface area (Å²) in [5, 5.41) is 0. The van der Waals surface area contributed by atoms with Crippen molar-refractivity contribution < 1.29 is 9.53 Å². The predicted molar refractivity (Wildman–Crippen MR) is 100.0 cm³/mol. The van der Waals surface area contributed by atoms with Crippen LogP contribution in [-0.2, 0) is 10.2 Å². The van der Waals surface area contributed by atoms with Crippen LogP contribution in [0.4, 0.5) is 0 Å². The highest BCUT2D eigenvalue weighted by Gasteiger charge is 2.28. The van der Waals surface area contributed by atoms with Crippen LogP contribution in [0.2, 0.25) is 0 Å². The molecular weight excluding hydrogens is 296 g/mol. The number of ether oxygens (including phenoxy) is 1. The molecule has 0 radical (unpaired) electrons. The summed E-state index contributed by atoms with van der Waals surface area (Å²) in [6, 6.07) is 7.72. The minimum Gasteiger partial charge on any atom is -0.426 e. The Labute approximate surface area is 144 Å². The number of allylic oxidation sites excluding steroid dienone is 5. The van der Waals surface area contributed by atoms with Gasteiger partial charge < -0.3 is 4.74 Å². The highest BCUT2D eigenvalue weighted by atomic mass is 16.5. The number of carbonyl (C=O) groups excluding carboxylic acids is 1. The van der Waals surface area contributed by atoms with Gasteiger partial charge in [-0.15, -0.1) is 19.7 Å². The molecule has 0 atom stereocenters. The van der Waals surface area contributed by atoms with Crippen molar-refractivity contribution >= 4 is 5.97 Å². The molecule has 0 saturated heterocycles. The van der Waals surface area contributed by atoms with Crippen molar-refractivity contribution in [2.45, 2.75) is 24.7 Å². The van der Waals surface area contributed by atoms with Crippen molar-refractivity contribution in [1.82, 2.24) is 0 Å². The van der Waals surface area contributed by atoms with Crippen LogP contribution >= 0.6 is 0 Å². The molecule has 124 valence electrons. The van der Waals surface area contributed by atoms with Crippen molar-refractivity contribution in [1.29, 1.82) is 0 Å². The molecule has 0 heterocycles. The third kappa shape index (κ3) is 4.02. The Morgan fingerprint density at radius 3 is 1.92 bits per heavy atom. The summed E-state index contributed by atoms with van der Waals surface area (Å²) in [6.07, 6.45) is 15.6. The SMILES string of the molecule is C=CCC(CC=C)(CC=C)c1ccc(OC(=O)C2C=CC=C2)cc1. The van der Waals surface area contributed by atoms with E-state index in [2.05, 4.69) is 19.7 Å². The first kappa shape index (κ1) is 17.7. The summed E-state index contributed by atoms with van der Waals surface area (Å²) < 4.78 is 5.44. The average molecular weight is 320 g/mol. The van der Waals surface area contributed by atoms with Gasteiger partial charge in [0.1, 0.15) is 5.75 Å². The van der Waals surface area contributed by atoms with Crippen LogP contribution in [0.3, 0.4) is 0 Å². The number of hydrogen-bond donors (Lipinski definition) is 0. The average Bonchev–Trinajstić information content (AvgIpc) is 3.11. The summed E-state index contributed by atoms with van der Waals surface area (Å²) in [7, 11) is 0. The lowest BCUT2D eigenvalue weighted by Crippen LogP contribution is -2.24. The monoisotopic (exact) mass is 320 g/mol. The quantitative estimate of drug-likeness (QED) is 0.350. The van der Waals surface area contributed by atoms with Gasteiger partial charge in [-0.05, 0) is 37.0 Å². The normalized spacial score (nSPS) is 13.7. The maximum atomic E-state index is 12.0. The molecule has 2 rings (SSSR count). The Hall–Kier alpha value is -2.61. The van der Waals surface area contributed by atoms with Crippen molar-refractivity contribution in [3.8, 4) is 5.75 Å². The van der Waals surface area contributed by atoms with E-state index in [0.717, 1.165) is 19.3 Å². The molecule has 1 aliphatic carbocycles. The zero-order chi connectivity index (χ0) is 17.4. The second kappa shape index (κ2) is 8.30. The van der Waals surface area contributed by atoms with E-state index in [1.165, 1.54) is 5.56 Å². The molecule has 0 amide bonds. The summed E-state index contributed by atoms with van der Waals surface area (Å²) in [5.74, 6) is 0.00973. The van der Waals surface area contributed by atoms with Crippen molar-refractivity contribution in [3.63, 3.8) is 0 Å². The Morgan fingerprint density at radius 2 is 1.46 bits per heavy atom. The lowest BCUT2D eigenvalue weighted by atomic mass is 9.72. The molecular formula is C22H24O2. The molecule has 0 spiro atoms. The molecule has 0 fully saturated rings. The summed E-state index contributed by atoms with van der Waals surface area (Å²) >= 11 is 0. The van der Waals surface area contributed by atoms with Crippen LogP contribution in [0.15, 0.2) is 86.5 Å². The van der Waals surface area contributed by atoms with E-state index in [4.69, 9.17) is 4.74 Å². The fourth-order valence-electron chi connectivity index (χ4n) is 3.08. The van der Waals surface area contributed by atoms with Crippen molar-refractivity contribution in [3.05, 3.63) is 92.1 Å². The van der Waals surface area contributed by atoms with Gasteiger partial charge in [-0.25, -0.2) is 0 Å². The largest absolute Gasteiger partial charge is 0.426 e. The predicted octanol–water partition coefficient (Wildman–Crippen LogP) is 5.30. The van der Waals surface area contributed by atoms with Crippen molar-refractivity contribution in [2.24, 2.45) is 5.92 Å². The van der Waals surface area contributed by atoms with E-state index in [1.807, 2.05) is 66.8 Å². The zero-order valence-corrected chi connectivity index (χ0v) is 14.0. The van der Waals surface area contributed by atoms with Gasteiger partial charge in [0.15, 0.2) is 0 Å². The van der Waals surface area contributed by atoms with E-state index >= 15 is 0 Å². The van der Waals surface area contributed by atoms with E-state index in [-0.39, 0.29) is 17.3 Å². The van der Waals surface area contributed by atoms with Gasteiger partial charge >= 0.3 is 5.97 Å². The fourth-order valence-corrected chi connectivity index (χ4v) is 3.08. The molecule has 2 heteroatoms. The number of carbonyl (C=O) groups is 1. The molecule has 0 unspecified atom stereocenters. The minimum absolute atomic E-state index is 0.0925. The second-order valence-electron chi connectivity index (χ2n) is 6.00. The summed E-state index contributed by atoms with van der Waals surface area (Å²) in [4.78, 5) is 12.0. The highest BCUT2D eigenvalue weighted by molar-refractivity contribution is 5.79. The summed E-state index contributed by atoms with van der Waals surface area (Å²) in [6.45, 7) is 11.7. The first-order chi connectivity index (χ1) is 11.6. The van der Waals surface area contributed by atoms with E-state index in [1.54, 1.807) is 0 Å². The third-order valence-electron chi connectivity index (χ3n) is 4.31. The van der Waals surface area contributed by atoms with E-state index in [9.17, 15) is 4.79 Å². The Balaban J connectivity index is 2.18. The molecule has 1 aromatic carbocycles. The zero-order valence-electron chi connectivity index (χ0n) is 14.0. The van der Waals surface area contributed by atoms with Gasteiger partial charge in [0.2, 0.25) is 0 Å². The lowest BCUT2D eigenvalue weighted by Gasteiger charge is -2.32. The smallest absolute Gasteiger partial charge is 0.322 e. The van der Waals surface area contributed by atoms with Gasteiger partial charge in [-0.3, -0.25) is 4.79 Å². The molecule has 1 aliphatic rings. The molecule has 1 aromatic rings. The molecule has 0 N–H and O–H groups in total. The molecule has 0 aromatic heterocycles. The minimum atomic E-state index is -0.286. The van der Waals surface area contributed by atoms with Crippen LogP contribution in [-0.4, -0.2) is 5.97 Å². The van der Waals surface area contributed by atoms with E-state index in [0.29, 0.717) is 5.75 Å². The number of hydrogen-bond acceptors (Lipinski definition) is 2. The molecule has 0 saturated carbocycles. The lowest BCUT2D eigenvalue weighted by molar-refractivity contribution is -0.135. The second-order valence-corrected chi connectivity index (χ2v) is 6.00. The molecule has 2 nitrogen and oxygen atoms in total. The van der Waals surface area contributed by atoms with Crippen LogP contribution in [0.25, 0.3) is 0 Å². The van der Waals surface area contributed by atoms with Gasteiger partial charge in [0.05, 0.1) is 5.92 Å². The van der Waals surface area contributed by atoms with E-state index < -0.39 is 0 Å². The number of rotatable bonds is 9. The van der Waals surface area contributed by atoms with Gasteiger partial charge in [0.25, 0.3) is 0 Å². The molecule has 0 bridgehead atoms. The first-order valence-electron chi connectivity index (χ1n) is 8.15. The van der Waals surface area contributed by atoms with Gasteiger partial charge in [-0.1, -0.05) is 54.7 Å². The van der Waals surface area contributed by atoms with Crippen molar-refractivity contribution in [2.75, 3.05) is 0 Å². The number of benzene rings is 1. The van der Waals surface area contributed by atoms with Crippen LogP contribution in [0, 0.1) is 5.92 Å². The summed E-state index contributed by atoms with van der Waals surface area (Å²) in [5.41, 5.74) is 1.08. The Kier molecular flexibility index (Phi) is 6.14. The maximum Gasteiger partial charge on any atom is 0.322 e. The van der Waals surface area contributed by atoms with Crippen LogP contribution < -0.4 is 4.74 Å². The topological polar surface area (TPSA) is 26.3 Å². The van der Waals surface area contributed by atoms with Crippen LogP contribution in [0.1, 0.15) is 24.8 Å². The van der Waals surface area contributed by atoms with Gasteiger partial charge in [-0.2, -0.15) is 0 Å². The van der Waals surface area contributed by atoms with Gasteiger partial charge in [0, 0.05) is 5.41 Å². The molecule has 24 heavy (non-hydrogen) atoms. The molecule has 0 aliphatic heterocycles.